The van der Waals surface area contributed by atoms with Crippen LogP contribution in [0.15, 0.2) is 23.2 Å². The molecule has 3 atom stereocenters. The van der Waals surface area contributed by atoms with Gasteiger partial charge >= 0.3 is 0 Å². The molecule has 0 radical (unpaired) electrons. The fraction of sp³-hybridized carbons (Fsp3) is 0.533. The van der Waals surface area contributed by atoms with Gasteiger partial charge in [0.1, 0.15) is 0 Å². The maximum Gasteiger partial charge on any atom is 0.188 e. The second-order valence-corrected chi connectivity index (χ2v) is 6.44. The maximum atomic E-state index is 6.05. The van der Waals surface area contributed by atoms with E-state index in [1.54, 1.807) is 0 Å². The minimum absolute atomic E-state index is 0.232. The van der Waals surface area contributed by atoms with Crippen molar-refractivity contribution < 1.29 is 4.74 Å². The molecule has 1 saturated carbocycles. The number of nitrogens with one attached hydrogen (secondary N) is 1. The van der Waals surface area contributed by atoms with Crippen molar-refractivity contribution in [3.63, 3.8) is 0 Å². The molecule has 4 nitrogen and oxygen atoms in total. The van der Waals surface area contributed by atoms with Crippen molar-refractivity contribution in [2.24, 2.45) is 10.7 Å². The average molecular weight is 328 g/mol. The van der Waals surface area contributed by atoms with Gasteiger partial charge in [-0.3, -0.25) is 4.99 Å². The molecule has 3 N–H and O–H groups in total. The highest BCUT2D eigenvalue weighted by Gasteiger charge is 2.39. The zero-order valence-corrected chi connectivity index (χ0v) is 13.2. The van der Waals surface area contributed by atoms with E-state index in [2.05, 4.69) is 10.3 Å². The molecule has 0 bridgehead atoms. The molecule has 1 aromatic carbocycles. The number of hydrogen-bond acceptors (Lipinski definition) is 2. The van der Waals surface area contributed by atoms with E-state index in [0.717, 1.165) is 25.9 Å². The lowest BCUT2D eigenvalue weighted by atomic mass is 10.1. The first kappa shape index (κ1) is 14.9. The van der Waals surface area contributed by atoms with E-state index < -0.39 is 0 Å². The van der Waals surface area contributed by atoms with Crippen LogP contribution >= 0.6 is 23.2 Å². The van der Waals surface area contributed by atoms with Crippen LogP contribution in [0.4, 0.5) is 0 Å². The Morgan fingerprint density at radius 3 is 2.95 bits per heavy atom. The van der Waals surface area contributed by atoms with Gasteiger partial charge < -0.3 is 15.8 Å². The first-order valence-electron chi connectivity index (χ1n) is 7.26. The van der Waals surface area contributed by atoms with Crippen molar-refractivity contribution in [3.05, 3.63) is 33.8 Å². The second-order valence-electron chi connectivity index (χ2n) is 5.63. The summed E-state index contributed by atoms with van der Waals surface area (Å²) in [5.74, 6) is 0.925. The van der Waals surface area contributed by atoms with Crippen molar-refractivity contribution >= 4 is 29.2 Å². The van der Waals surface area contributed by atoms with E-state index in [1.807, 2.05) is 18.2 Å². The van der Waals surface area contributed by atoms with Crippen LogP contribution in [0.3, 0.4) is 0 Å². The lowest BCUT2D eigenvalue weighted by molar-refractivity contribution is 0.118. The largest absolute Gasteiger partial charge is 0.376 e. The number of aliphatic imine (C=N–C) groups is 1. The Kier molecular flexibility index (Phi) is 4.57. The summed E-state index contributed by atoms with van der Waals surface area (Å²) in [6.07, 6.45) is 3.46. The summed E-state index contributed by atoms with van der Waals surface area (Å²) in [5.41, 5.74) is 7.11. The number of ether oxygens (including phenoxy) is 1. The van der Waals surface area contributed by atoms with E-state index in [4.69, 9.17) is 33.7 Å². The number of hydrogen-bond donors (Lipinski definition) is 2. The average Bonchev–Trinajstić information content (AvgIpc) is 3.01. The number of halogens is 2. The van der Waals surface area contributed by atoms with E-state index >= 15 is 0 Å². The normalized spacial score (nSPS) is 28.7. The summed E-state index contributed by atoms with van der Waals surface area (Å²) in [6, 6.07) is 6.11. The van der Waals surface area contributed by atoms with Crippen molar-refractivity contribution in [1.29, 1.82) is 0 Å². The van der Waals surface area contributed by atoms with Gasteiger partial charge in [-0.25, -0.2) is 0 Å². The molecule has 1 aromatic rings. The quantitative estimate of drug-likeness (QED) is 0.660. The van der Waals surface area contributed by atoms with Crippen LogP contribution in [-0.4, -0.2) is 31.3 Å². The van der Waals surface area contributed by atoms with Gasteiger partial charge in [-0.1, -0.05) is 29.3 Å². The predicted octanol–water partition coefficient (Wildman–Crippen LogP) is 2.93. The standard InChI is InChI=1S/C15H19Cl2N3O/c16-12-4-3-9(6-13(12)17)11-7-14(11)20-15(18)19-8-10-2-1-5-21-10/h3-4,6,10-11,14H,1-2,5,7-8H2,(H3,18,19,20)/t10?,11-,14+/m0/s1. The zero-order chi connectivity index (χ0) is 14.8. The Labute approximate surface area is 134 Å². The molecule has 0 spiro atoms. The molecule has 0 amide bonds. The monoisotopic (exact) mass is 327 g/mol. The van der Waals surface area contributed by atoms with Crippen LogP contribution < -0.4 is 11.1 Å². The number of benzene rings is 1. The molecule has 1 heterocycles. The van der Waals surface area contributed by atoms with Crippen LogP contribution in [0, 0.1) is 0 Å². The number of rotatable bonds is 4. The van der Waals surface area contributed by atoms with Crippen LogP contribution in [-0.2, 0) is 4.74 Å². The van der Waals surface area contributed by atoms with Crippen LogP contribution in [0.5, 0.6) is 0 Å². The summed E-state index contributed by atoms with van der Waals surface area (Å²) < 4.78 is 5.52. The molecule has 1 saturated heterocycles. The van der Waals surface area contributed by atoms with Crippen molar-refractivity contribution in [3.8, 4) is 0 Å². The third-order valence-electron chi connectivity index (χ3n) is 3.98. The molecule has 1 aliphatic carbocycles. The molecule has 21 heavy (non-hydrogen) atoms. The summed E-state index contributed by atoms with van der Waals surface area (Å²) in [6.45, 7) is 1.48. The third kappa shape index (κ3) is 3.82. The van der Waals surface area contributed by atoms with Gasteiger partial charge in [-0.05, 0) is 37.0 Å². The highest BCUT2D eigenvalue weighted by molar-refractivity contribution is 6.42. The van der Waals surface area contributed by atoms with Crippen molar-refractivity contribution in [2.45, 2.75) is 37.3 Å². The van der Waals surface area contributed by atoms with Gasteiger partial charge in [-0.2, -0.15) is 0 Å². The smallest absolute Gasteiger partial charge is 0.188 e. The number of nitrogens with two attached hydrogens (primary N) is 1. The molecule has 2 fully saturated rings. The van der Waals surface area contributed by atoms with Crippen LogP contribution in [0.25, 0.3) is 0 Å². The summed E-state index contributed by atoms with van der Waals surface area (Å²) in [4.78, 5) is 4.36. The fourth-order valence-electron chi connectivity index (χ4n) is 2.69. The number of guanidine groups is 1. The van der Waals surface area contributed by atoms with Gasteiger partial charge in [0.25, 0.3) is 0 Å². The van der Waals surface area contributed by atoms with Crippen molar-refractivity contribution in [1.82, 2.24) is 5.32 Å². The predicted molar refractivity (Wildman–Crippen MR) is 86.2 cm³/mol. The van der Waals surface area contributed by atoms with E-state index in [9.17, 15) is 0 Å². The Hall–Kier alpha value is -0.970. The third-order valence-corrected chi connectivity index (χ3v) is 4.72. The molecule has 0 aromatic heterocycles. The summed E-state index contributed by atoms with van der Waals surface area (Å²) in [7, 11) is 0. The van der Waals surface area contributed by atoms with E-state index in [-0.39, 0.29) is 6.10 Å². The lowest BCUT2D eigenvalue weighted by Gasteiger charge is -2.08. The summed E-state index contributed by atoms with van der Waals surface area (Å²) in [5, 5.41) is 4.44. The molecular formula is C15H19Cl2N3O. The Bertz CT molecular complexity index is 544. The molecule has 6 heteroatoms. The topological polar surface area (TPSA) is 59.6 Å². The Morgan fingerprint density at radius 1 is 1.38 bits per heavy atom. The van der Waals surface area contributed by atoms with Gasteiger partial charge in [0.05, 0.1) is 22.7 Å². The Morgan fingerprint density at radius 2 is 2.24 bits per heavy atom. The first-order valence-corrected chi connectivity index (χ1v) is 8.02. The van der Waals surface area contributed by atoms with Gasteiger partial charge in [-0.15, -0.1) is 0 Å². The van der Waals surface area contributed by atoms with Gasteiger partial charge in [0, 0.05) is 18.6 Å². The van der Waals surface area contributed by atoms with Crippen LogP contribution in [0.1, 0.15) is 30.7 Å². The Balaban J connectivity index is 1.50. The van der Waals surface area contributed by atoms with Crippen LogP contribution in [0.2, 0.25) is 10.0 Å². The zero-order valence-electron chi connectivity index (χ0n) is 11.7. The molecule has 2 aliphatic rings. The SMILES string of the molecule is NC(=NCC1CCCO1)N[C@@H]1C[C@H]1c1ccc(Cl)c(Cl)c1. The highest BCUT2D eigenvalue weighted by atomic mass is 35.5. The number of nitrogens with zero attached hydrogens (tertiary/aromatic N) is 1. The molecule has 3 rings (SSSR count). The van der Waals surface area contributed by atoms with Crippen molar-refractivity contribution in [2.75, 3.05) is 13.2 Å². The fourth-order valence-corrected chi connectivity index (χ4v) is 3.00. The highest BCUT2D eigenvalue weighted by Crippen LogP contribution is 2.42. The second kappa shape index (κ2) is 6.42. The molecule has 1 unspecified atom stereocenters. The minimum Gasteiger partial charge on any atom is -0.376 e. The van der Waals surface area contributed by atoms with E-state index in [1.165, 1.54) is 5.56 Å². The van der Waals surface area contributed by atoms with E-state index in [0.29, 0.717) is 34.5 Å². The van der Waals surface area contributed by atoms with Gasteiger partial charge in [0.2, 0.25) is 0 Å². The maximum absolute atomic E-state index is 6.05. The molecule has 114 valence electrons. The minimum atomic E-state index is 0.232. The molecular weight excluding hydrogens is 309 g/mol. The summed E-state index contributed by atoms with van der Waals surface area (Å²) >= 11 is 12.0. The lowest BCUT2D eigenvalue weighted by Crippen LogP contribution is -2.34. The molecule has 1 aliphatic heterocycles. The first-order chi connectivity index (χ1) is 10.1. The van der Waals surface area contributed by atoms with Gasteiger partial charge in [0.15, 0.2) is 5.96 Å².